The van der Waals surface area contributed by atoms with Gasteiger partial charge in [-0.3, -0.25) is 10.1 Å². The van der Waals surface area contributed by atoms with Crippen LogP contribution in [0, 0.1) is 0 Å². The molecule has 16 nitrogen and oxygen atoms in total. The zero-order valence-electron chi connectivity index (χ0n) is 25.2. The quantitative estimate of drug-likeness (QED) is 0.162. The highest BCUT2D eigenvalue weighted by atomic mass is 32.2. The Hall–Kier alpha value is -5.98. The van der Waals surface area contributed by atoms with Gasteiger partial charge in [-0.15, -0.1) is 11.3 Å². The molecule has 0 aliphatic carbocycles. The Morgan fingerprint density at radius 1 is 0.918 bits per heavy atom. The van der Waals surface area contributed by atoms with Gasteiger partial charge in [0.2, 0.25) is 4.34 Å². The fourth-order valence-corrected chi connectivity index (χ4v) is 7.04. The number of hydrogen-bond acceptors (Lipinski definition) is 12. The van der Waals surface area contributed by atoms with Crippen LogP contribution in [0.1, 0.15) is 17.2 Å². The molecule has 0 aliphatic rings. The Balaban J connectivity index is 1.13. The first-order valence-corrected chi connectivity index (χ1v) is 16.8. The molecule has 0 aliphatic heterocycles. The lowest BCUT2D eigenvalue weighted by molar-refractivity contribution is -0.170. The Kier molecular flexibility index (Phi) is 9.69. The Bertz CT molecular complexity index is 2160. The summed E-state index contributed by atoms with van der Waals surface area (Å²) in [7, 11) is -4.07. The largest absolute Gasteiger partial charge is 0.530 e. The van der Waals surface area contributed by atoms with Crippen LogP contribution in [0.25, 0.3) is 21.4 Å². The zero-order valence-corrected chi connectivity index (χ0v) is 26.9. The number of nitrogens with zero attached hydrogens (tertiary/aromatic N) is 6. The number of carboxylic acid groups (broad SMARTS) is 1. The minimum absolute atomic E-state index is 0.00367. The average molecular weight is 703 g/mol. The molecule has 0 radical (unpaired) electrons. The standard InChI is InChI=1S/C31H26N8O8S2/c40-24(39(47-31(42)43)16-15-35-49(44,45)30-36-22-13-7-8-14-23(22)48-30)17-38-19-34-25-27(32-18-33-28(25)38)37-29(41)46-26(20-9-3-1-4-10-20)21-11-5-2-6-12-21/h1-14,18-19,26,35H,15-17H2,(H,42,43)(H,32,33,37,41). The van der Waals surface area contributed by atoms with Crippen LogP contribution < -0.4 is 10.0 Å². The zero-order chi connectivity index (χ0) is 34.4. The number of imidazole rings is 1. The van der Waals surface area contributed by atoms with Crippen LogP contribution in [0.15, 0.2) is 102 Å². The first-order chi connectivity index (χ1) is 23.7. The Morgan fingerprint density at radius 3 is 2.27 bits per heavy atom. The van der Waals surface area contributed by atoms with Crippen molar-refractivity contribution < 1.29 is 37.5 Å². The van der Waals surface area contributed by atoms with E-state index >= 15 is 0 Å². The number of rotatable bonds is 11. The van der Waals surface area contributed by atoms with E-state index in [2.05, 4.69) is 34.8 Å². The van der Waals surface area contributed by atoms with Crippen LogP contribution in [0.4, 0.5) is 15.4 Å². The number of thiazole rings is 1. The maximum atomic E-state index is 13.2. The van der Waals surface area contributed by atoms with Gasteiger partial charge in [-0.1, -0.05) is 72.8 Å². The number of nitrogens with one attached hydrogen (secondary N) is 2. The molecule has 3 N–H and O–H groups in total. The maximum absolute atomic E-state index is 13.2. The average Bonchev–Trinajstić information content (AvgIpc) is 3.73. The summed E-state index contributed by atoms with van der Waals surface area (Å²) < 4.78 is 35.5. The van der Waals surface area contributed by atoms with Crippen molar-refractivity contribution in [2.24, 2.45) is 0 Å². The Morgan fingerprint density at radius 2 is 1.59 bits per heavy atom. The van der Waals surface area contributed by atoms with E-state index in [4.69, 9.17) is 4.74 Å². The van der Waals surface area contributed by atoms with Gasteiger partial charge in [0.15, 0.2) is 23.1 Å². The van der Waals surface area contributed by atoms with Gasteiger partial charge in [0.05, 0.1) is 23.1 Å². The van der Waals surface area contributed by atoms with Gasteiger partial charge < -0.3 is 19.2 Å². The molecule has 6 rings (SSSR count). The molecule has 3 aromatic heterocycles. The van der Waals surface area contributed by atoms with E-state index < -0.39 is 47.4 Å². The maximum Gasteiger partial charge on any atom is 0.530 e. The fraction of sp³-hybridized carbons (Fsp3) is 0.129. The van der Waals surface area contributed by atoms with Crippen LogP contribution in [-0.2, 0) is 30.9 Å². The number of anilines is 1. The van der Waals surface area contributed by atoms with Crippen molar-refractivity contribution in [1.29, 1.82) is 0 Å². The second kappa shape index (κ2) is 14.4. The highest BCUT2D eigenvalue weighted by molar-refractivity contribution is 7.91. The molecule has 3 heterocycles. The number of fused-ring (bicyclic) bond motifs is 2. The number of amides is 2. The summed E-state index contributed by atoms with van der Waals surface area (Å²) in [5.41, 5.74) is 2.26. The van der Waals surface area contributed by atoms with E-state index in [0.29, 0.717) is 15.3 Å². The predicted molar refractivity (Wildman–Crippen MR) is 176 cm³/mol. The van der Waals surface area contributed by atoms with Crippen LogP contribution >= 0.6 is 11.3 Å². The van der Waals surface area contributed by atoms with Gasteiger partial charge in [-0.05, 0) is 23.3 Å². The molecule has 0 spiro atoms. The molecule has 0 atom stereocenters. The highest BCUT2D eigenvalue weighted by Gasteiger charge is 2.25. The summed E-state index contributed by atoms with van der Waals surface area (Å²) in [5.74, 6) is -0.856. The van der Waals surface area contributed by atoms with E-state index in [9.17, 15) is 27.9 Å². The van der Waals surface area contributed by atoms with Crippen molar-refractivity contribution in [2.75, 3.05) is 18.4 Å². The molecule has 6 aromatic rings. The second-order valence-electron chi connectivity index (χ2n) is 10.2. The molecular formula is C31H26N8O8S2. The number of benzene rings is 3. The van der Waals surface area contributed by atoms with E-state index in [1.807, 2.05) is 60.7 Å². The van der Waals surface area contributed by atoms with Gasteiger partial charge in [-0.2, -0.15) is 5.06 Å². The van der Waals surface area contributed by atoms with E-state index in [1.54, 1.807) is 24.3 Å². The third-order valence-corrected chi connectivity index (χ3v) is 9.81. The number of hydroxylamine groups is 2. The summed E-state index contributed by atoms with van der Waals surface area (Å²) in [6.45, 7) is -1.34. The van der Waals surface area contributed by atoms with Crippen molar-refractivity contribution in [3.8, 4) is 0 Å². The number of aromatic nitrogens is 5. The molecule has 0 saturated heterocycles. The molecule has 0 unspecified atom stereocenters. The van der Waals surface area contributed by atoms with Crippen molar-refractivity contribution in [1.82, 2.24) is 34.3 Å². The van der Waals surface area contributed by atoms with E-state index in [0.717, 1.165) is 28.8 Å². The second-order valence-corrected chi connectivity index (χ2v) is 13.2. The SMILES string of the molecule is O=C(O)ON(CCNS(=O)(=O)c1nc2ccccc2s1)C(=O)Cn1cnc2c(NC(=O)OC(c3ccccc3)c3ccccc3)ncnc21. The van der Waals surface area contributed by atoms with Gasteiger partial charge in [0.25, 0.3) is 15.9 Å². The molecule has 250 valence electrons. The van der Waals surface area contributed by atoms with Crippen molar-refractivity contribution in [3.63, 3.8) is 0 Å². The van der Waals surface area contributed by atoms with Crippen LogP contribution in [0.3, 0.4) is 0 Å². The van der Waals surface area contributed by atoms with Crippen molar-refractivity contribution >= 4 is 66.7 Å². The molecular weight excluding hydrogens is 677 g/mol. The molecule has 18 heteroatoms. The van der Waals surface area contributed by atoms with Crippen molar-refractivity contribution in [2.45, 2.75) is 17.0 Å². The first-order valence-electron chi connectivity index (χ1n) is 14.5. The normalized spacial score (nSPS) is 11.4. The first kappa shape index (κ1) is 32.9. The summed E-state index contributed by atoms with van der Waals surface area (Å²) in [6.07, 6.45) is -0.929. The monoisotopic (exact) mass is 702 g/mol. The highest BCUT2D eigenvalue weighted by Crippen LogP contribution is 2.27. The van der Waals surface area contributed by atoms with Gasteiger partial charge in [0.1, 0.15) is 12.9 Å². The summed E-state index contributed by atoms with van der Waals surface area (Å²) in [6, 6.07) is 25.3. The van der Waals surface area contributed by atoms with Crippen LogP contribution in [-0.4, -0.2) is 74.3 Å². The van der Waals surface area contributed by atoms with E-state index in [-0.39, 0.29) is 27.9 Å². The topological polar surface area (TPSA) is 208 Å². The molecule has 49 heavy (non-hydrogen) atoms. The van der Waals surface area contributed by atoms with E-state index in [1.165, 1.54) is 10.9 Å². The third-order valence-electron chi connectivity index (χ3n) is 6.93. The predicted octanol–water partition coefficient (Wildman–Crippen LogP) is 4.19. The fourth-order valence-electron chi connectivity index (χ4n) is 4.75. The number of para-hydroxylation sites is 1. The lowest BCUT2D eigenvalue weighted by Gasteiger charge is -2.20. The number of carbonyl (C=O) groups is 3. The minimum Gasteiger partial charge on any atom is -0.448 e. The van der Waals surface area contributed by atoms with Gasteiger partial charge >= 0.3 is 12.2 Å². The molecule has 2 amide bonds. The summed E-state index contributed by atoms with van der Waals surface area (Å²) in [4.78, 5) is 58.8. The number of carbonyl (C=O) groups excluding carboxylic acids is 2. The molecule has 0 bridgehead atoms. The van der Waals surface area contributed by atoms with Crippen molar-refractivity contribution in [3.05, 3.63) is 109 Å². The number of hydrogen-bond donors (Lipinski definition) is 3. The third kappa shape index (κ3) is 7.78. The lowest BCUT2D eigenvalue weighted by Crippen LogP contribution is -2.41. The molecule has 0 fully saturated rings. The smallest absolute Gasteiger partial charge is 0.448 e. The van der Waals surface area contributed by atoms with Crippen LogP contribution in [0.5, 0.6) is 0 Å². The lowest BCUT2D eigenvalue weighted by atomic mass is 10.0. The number of ether oxygens (including phenoxy) is 1. The Labute approximate surface area is 282 Å². The van der Waals surface area contributed by atoms with Gasteiger partial charge in [0, 0.05) is 6.54 Å². The number of sulfonamides is 1. The van der Waals surface area contributed by atoms with Gasteiger partial charge in [-0.25, -0.2) is 42.7 Å². The summed E-state index contributed by atoms with van der Waals surface area (Å²) >= 11 is 0.965. The minimum atomic E-state index is -4.07. The molecule has 0 saturated carbocycles. The summed E-state index contributed by atoms with van der Waals surface area (Å²) in [5, 5.41) is 12.3. The van der Waals surface area contributed by atoms with Crippen LogP contribution in [0.2, 0.25) is 0 Å². The molecule has 3 aromatic carbocycles.